The molecule has 0 radical (unpaired) electrons. The molecular formula is C16H26N2. The molecule has 1 aliphatic rings. The Morgan fingerprint density at radius 3 is 2.50 bits per heavy atom. The van der Waals surface area contributed by atoms with Crippen molar-refractivity contribution in [3.8, 4) is 0 Å². The molecule has 0 aromatic heterocycles. The van der Waals surface area contributed by atoms with Gasteiger partial charge in [-0.05, 0) is 43.7 Å². The van der Waals surface area contributed by atoms with Gasteiger partial charge in [-0.25, -0.2) is 0 Å². The number of fused-ring (bicyclic) bond motifs is 1. The molecular weight excluding hydrogens is 220 g/mol. The maximum absolute atomic E-state index is 6.32. The van der Waals surface area contributed by atoms with Crippen molar-refractivity contribution < 1.29 is 0 Å². The van der Waals surface area contributed by atoms with Crippen molar-refractivity contribution in [2.45, 2.75) is 46.1 Å². The van der Waals surface area contributed by atoms with Gasteiger partial charge in [-0.3, -0.25) is 0 Å². The van der Waals surface area contributed by atoms with E-state index in [0.717, 1.165) is 13.1 Å². The lowest BCUT2D eigenvalue weighted by Crippen LogP contribution is -2.53. The quantitative estimate of drug-likeness (QED) is 0.887. The first-order chi connectivity index (χ1) is 8.31. The molecule has 0 fully saturated rings. The minimum Gasteiger partial charge on any atom is -0.371 e. The molecule has 1 aromatic rings. The first-order valence-electron chi connectivity index (χ1n) is 6.93. The lowest BCUT2D eigenvalue weighted by Gasteiger charge is -2.44. The minimum absolute atomic E-state index is 0.0947. The second-order valence-electron chi connectivity index (χ2n) is 6.76. The van der Waals surface area contributed by atoms with Gasteiger partial charge < -0.3 is 10.6 Å². The van der Waals surface area contributed by atoms with E-state index in [1.165, 1.54) is 24.1 Å². The molecule has 1 aliphatic heterocycles. The molecule has 18 heavy (non-hydrogen) atoms. The van der Waals surface area contributed by atoms with E-state index in [4.69, 9.17) is 5.73 Å². The first-order valence-corrected chi connectivity index (χ1v) is 6.93. The molecule has 1 aromatic carbocycles. The molecule has 2 rings (SSSR count). The Balaban J connectivity index is 2.22. The molecule has 0 saturated carbocycles. The number of aryl methyl sites for hydroxylation is 1. The summed E-state index contributed by atoms with van der Waals surface area (Å²) in [7, 11) is 0. The van der Waals surface area contributed by atoms with E-state index in [1.54, 1.807) is 0 Å². The number of hydrogen-bond donors (Lipinski definition) is 1. The van der Waals surface area contributed by atoms with Crippen LogP contribution in [-0.4, -0.2) is 18.6 Å². The Morgan fingerprint density at radius 2 is 1.83 bits per heavy atom. The fourth-order valence-electron chi connectivity index (χ4n) is 2.46. The summed E-state index contributed by atoms with van der Waals surface area (Å²) in [5, 5.41) is 0. The Morgan fingerprint density at radius 1 is 1.17 bits per heavy atom. The lowest BCUT2D eigenvalue weighted by atomic mass is 9.74. The Kier molecular flexibility index (Phi) is 3.41. The van der Waals surface area contributed by atoms with Crippen molar-refractivity contribution in [2.75, 3.05) is 18.0 Å². The summed E-state index contributed by atoms with van der Waals surface area (Å²) in [4.78, 5) is 2.51. The number of anilines is 1. The predicted molar refractivity (Wildman–Crippen MR) is 79.0 cm³/mol. The molecule has 100 valence electrons. The highest BCUT2D eigenvalue weighted by molar-refractivity contribution is 5.55. The van der Waals surface area contributed by atoms with Crippen LogP contribution in [0, 0.1) is 5.41 Å². The van der Waals surface area contributed by atoms with Crippen molar-refractivity contribution in [1.29, 1.82) is 0 Å². The standard InChI is InChI=1S/C16H26N2/c1-15(2,16(3,4)17)12-18-11-7-9-13-8-5-6-10-14(13)18/h5-6,8,10H,7,9,11-12,17H2,1-4H3. The third kappa shape index (κ3) is 2.54. The van der Waals surface area contributed by atoms with Gasteiger partial charge in [0.1, 0.15) is 0 Å². The van der Waals surface area contributed by atoms with Gasteiger partial charge >= 0.3 is 0 Å². The average molecular weight is 246 g/mol. The van der Waals surface area contributed by atoms with E-state index in [2.05, 4.69) is 56.9 Å². The van der Waals surface area contributed by atoms with Crippen LogP contribution in [-0.2, 0) is 6.42 Å². The number of hydrogen-bond acceptors (Lipinski definition) is 2. The number of rotatable bonds is 3. The van der Waals surface area contributed by atoms with Crippen LogP contribution < -0.4 is 10.6 Å². The molecule has 0 spiro atoms. The van der Waals surface area contributed by atoms with Crippen molar-refractivity contribution in [3.63, 3.8) is 0 Å². The van der Waals surface area contributed by atoms with Crippen LogP contribution in [0.4, 0.5) is 5.69 Å². The molecule has 0 atom stereocenters. The largest absolute Gasteiger partial charge is 0.371 e. The van der Waals surface area contributed by atoms with E-state index in [1.807, 2.05) is 0 Å². The van der Waals surface area contributed by atoms with Crippen LogP contribution in [0.3, 0.4) is 0 Å². The molecule has 1 heterocycles. The van der Waals surface area contributed by atoms with Gasteiger partial charge in [-0.15, -0.1) is 0 Å². The lowest BCUT2D eigenvalue weighted by molar-refractivity contribution is 0.206. The Bertz CT molecular complexity index is 415. The maximum Gasteiger partial charge on any atom is 0.0398 e. The summed E-state index contributed by atoms with van der Waals surface area (Å²) in [6.07, 6.45) is 2.46. The molecule has 0 bridgehead atoms. The Labute approximate surface area is 111 Å². The van der Waals surface area contributed by atoms with Crippen LogP contribution in [0.25, 0.3) is 0 Å². The highest BCUT2D eigenvalue weighted by atomic mass is 15.1. The third-order valence-electron chi connectivity index (χ3n) is 4.54. The molecule has 0 saturated heterocycles. The van der Waals surface area contributed by atoms with Gasteiger partial charge in [-0.1, -0.05) is 32.0 Å². The number of benzene rings is 1. The van der Waals surface area contributed by atoms with Crippen LogP contribution in [0.15, 0.2) is 24.3 Å². The van der Waals surface area contributed by atoms with Crippen molar-refractivity contribution in [1.82, 2.24) is 0 Å². The van der Waals surface area contributed by atoms with E-state index in [9.17, 15) is 0 Å². The van der Waals surface area contributed by atoms with Gasteiger partial charge in [0.05, 0.1) is 0 Å². The number of para-hydroxylation sites is 1. The Hall–Kier alpha value is -1.02. The molecule has 0 amide bonds. The maximum atomic E-state index is 6.32. The van der Waals surface area contributed by atoms with Gasteiger partial charge in [0.2, 0.25) is 0 Å². The van der Waals surface area contributed by atoms with Crippen LogP contribution in [0.5, 0.6) is 0 Å². The summed E-state index contributed by atoms with van der Waals surface area (Å²) in [5.74, 6) is 0. The smallest absolute Gasteiger partial charge is 0.0398 e. The molecule has 2 nitrogen and oxygen atoms in total. The summed E-state index contributed by atoms with van der Waals surface area (Å²) in [6.45, 7) is 11.0. The van der Waals surface area contributed by atoms with E-state index < -0.39 is 0 Å². The highest BCUT2D eigenvalue weighted by Crippen LogP contribution is 2.34. The highest BCUT2D eigenvalue weighted by Gasteiger charge is 2.35. The monoisotopic (exact) mass is 246 g/mol. The second-order valence-corrected chi connectivity index (χ2v) is 6.76. The first kappa shape index (κ1) is 13.4. The van der Waals surface area contributed by atoms with Crippen LogP contribution in [0.2, 0.25) is 0 Å². The molecule has 0 unspecified atom stereocenters. The van der Waals surface area contributed by atoms with Crippen molar-refractivity contribution in [2.24, 2.45) is 11.1 Å². The van der Waals surface area contributed by atoms with E-state index >= 15 is 0 Å². The van der Waals surface area contributed by atoms with Crippen molar-refractivity contribution in [3.05, 3.63) is 29.8 Å². The van der Waals surface area contributed by atoms with E-state index in [0.29, 0.717) is 0 Å². The SMILES string of the molecule is CC(C)(N)C(C)(C)CN1CCCc2ccccc21. The zero-order chi connectivity index (χ0) is 13.4. The van der Waals surface area contributed by atoms with Gasteiger partial charge in [-0.2, -0.15) is 0 Å². The topological polar surface area (TPSA) is 29.3 Å². The molecule has 2 N–H and O–H groups in total. The zero-order valence-electron chi connectivity index (χ0n) is 12.2. The van der Waals surface area contributed by atoms with Gasteiger partial charge in [0.25, 0.3) is 0 Å². The van der Waals surface area contributed by atoms with E-state index in [-0.39, 0.29) is 11.0 Å². The van der Waals surface area contributed by atoms with Gasteiger partial charge in [0, 0.05) is 24.3 Å². The summed E-state index contributed by atoms with van der Waals surface area (Å²) in [6, 6.07) is 8.77. The molecule has 0 aliphatic carbocycles. The fourth-order valence-corrected chi connectivity index (χ4v) is 2.46. The summed E-state index contributed by atoms with van der Waals surface area (Å²) in [5.41, 5.74) is 9.14. The average Bonchev–Trinajstić information content (AvgIpc) is 2.27. The zero-order valence-corrected chi connectivity index (χ0v) is 12.2. The number of nitrogens with two attached hydrogens (primary N) is 1. The number of nitrogens with zero attached hydrogens (tertiary/aromatic N) is 1. The van der Waals surface area contributed by atoms with Crippen molar-refractivity contribution >= 4 is 5.69 Å². The third-order valence-corrected chi connectivity index (χ3v) is 4.54. The second kappa shape index (κ2) is 4.58. The summed E-state index contributed by atoms with van der Waals surface area (Å²) >= 11 is 0. The van der Waals surface area contributed by atoms with Gasteiger partial charge in [0.15, 0.2) is 0 Å². The predicted octanol–water partition coefficient (Wildman–Crippen LogP) is 3.20. The molecule has 2 heteroatoms. The minimum atomic E-state index is -0.167. The van der Waals surface area contributed by atoms with Crippen LogP contribution >= 0.6 is 0 Å². The fraction of sp³-hybridized carbons (Fsp3) is 0.625. The van der Waals surface area contributed by atoms with Crippen LogP contribution in [0.1, 0.15) is 39.7 Å². The summed E-state index contributed by atoms with van der Waals surface area (Å²) < 4.78 is 0. The normalized spacial score (nSPS) is 16.6.